The largest absolute Gasteiger partial charge is 0.383 e. The fourth-order valence-corrected chi connectivity index (χ4v) is 2.86. The summed E-state index contributed by atoms with van der Waals surface area (Å²) in [5, 5.41) is 3.36. The molecule has 1 aromatic rings. The van der Waals surface area contributed by atoms with Crippen molar-refractivity contribution in [1.82, 2.24) is 10.2 Å². The zero-order valence-electron chi connectivity index (χ0n) is 12.9. The highest BCUT2D eigenvalue weighted by atomic mass is 16.5. The van der Waals surface area contributed by atoms with E-state index in [1.165, 1.54) is 5.56 Å². The fraction of sp³-hybridized carbons (Fsp3) is 0.588. The van der Waals surface area contributed by atoms with E-state index in [0.717, 1.165) is 45.5 Å². The minimum atomic E-state index is 0.313. The Bertz CT molecular complexity index is 422. The smallest absolute Gasteiger partial charge is 0.222 e. The van der Waals surface area contributed by atoms with Crippen LogP contribution in [-0.2, 0) is 16.0 Å². The van der Waals surface area contributed by atoms with Crippen LogP contribution in [0.1, 0.15) is 24.8 Å². The zero-order chi connectivity index (χ0) is 14.9. The highest BCUT2D eigenvalue weighted by Gasteiger charge is 2.29. The Hall–Kier alpha value is -1.39. The summed E-state index contributed by atoms with van der Waals surface area (Å²) >= 11 is 0. The fourth-order valence-electron chi connectivity index (χ4n) is 2.86. The molecule has 1 fully saturated rings. The average Bonchev–Trinajstić information content (AvgIpc) is 2.86. The number of amides is 1. The molecule has 1 N–H and O–H groups in total. The van der Waals surface area contributed by atoms with Crippen LogP contribution in [-0.4, -0.2) is 50.2 Å². The van der Waals surface area contributed by atoms with E-state index in [2.05, 4.69) is 34.5 Å². The van der Waals surface area contributed by atoms with Crippen molar-refractivity contribution in [2.24, 2.45) is 0 Å². The highest BCUT2D eigenvalue weighted by Crippen LogP contribution is 2.21. The van der Waals surface area contributed by atoms with Gasteiger partial charge < -0.3 is 15.0 Å². The standard InChI is InChI=1S/C17H26N2O2/c1-21-14-12-18-11-9-16-7-8-17(20)19(16)13-10-15-5-3-2-4-6-15/h2-6,16,18H,7-14H2,1H3/t16-/m1/s1. The van der Waals surface area contributed by atoms with Gasteiger partial charge in [-0.15, -0.1) is 0 Å². The van der Waals surface area contributed by atoms with Gasteiger partial charge in [-0.2, -0.15) is 0 Å². The van der Waals surface area contributed by atoms with Gasteiger partial charge in [0, 0.05) is 32.7 Å². The topological polar surface area (TPSA) is 41.6 Å². The van der Waals surface area contributed by atoms with E-state index in [9.17, 15) is 4.79 Å². The number of carbonyl (C=O) groups excluding carboxylic acids is 1. The van der Waals surface area contributed by atoms with Gasteiger partial charge >= 0.3 is 0 Å². The van der Waals surface area contributed by atoms with Gasteiger partial charge in [-0.05, 0) is 31.4 Å². The predicted octanol–water partition coefficient (Wildman–Crippen LogP) is 1.85. The van der Waals surface area contributed by atoms with E-state index in [4.69, 9.17) is 4.74 Å². The van der Waals surface area contributed by atoms with Crippen molar-refractivity contribution in [3.8, 4) is 0 Å². The Labute approximate surface area is 127 Å². The lowest BCUT2D eigenvalue weighted by atomic mass is 10.1. The molecule has 1 atom stereocenters. The summed E-state index contributed by atoms with van der Waals surface area (Å²) in [6.45, 7) is 3.40. The molecule has 4 heteroatoms. The molecule has 1 amide bonds. The van der Waals surface area contributed by atoms with Gasteiger partial charge in [0.1, 0.15) is 0 Å². The lowest BCUT2D eigenvalue weighted by Gasteiger charge is -2.25. The molecule has 4 nitrogen and oxygen atoms in total. The minimum absolute atomic E-state index is 0.313. The number of hydrogen-bond donors (Lipinski definition) is 1. The molecule has 0 aromatic heterocycles. The molecule has 1 aromatic carbocycles. The first kappa shape index (κ1) is 16.0. The van der Waals surface area contributed by atoms with Crippen LogP contribution in [0.3, 0.4) is 0 Å². The Kier molecular flexibility index (Phi) is 6.70. The van der Waals surface area contributed by atoms with Gasteiger partial charge in [0.15, 0.2) is 0 Å². The molecule has 0 saturated carbocycles. The molecule has 0 spiro atoms. The van der Waals surface area contributed by atoms with Gasteiger partial charge in [-0.1, -0.05) is 30.3 Å². The summed E-state index contributed by atoms with van der Waals surface area (Å²) in [5.74, 6) is 0.313. The SMILES string of the molecule is COCCNCC[C@H]1CCC(=O)N1CCc1ccccc1. The Morgan fingerprint density at radius 2 is 2.10 bits per heavy atom. The van der Waals surface area contributed by atoms with Crippen LogP contribution in [0.25, 0.3) is 0 Å². The maximum atomic E-state index is 12.0. The van der Waals surface area contributed by atoms with Crippen molar-refractivity contribution < 1.29 is 9.53 Å². The number of hydrogen-bond acceptors (Lipinski definition) is 3. The van der Waals surface area contributed by atoms with E-state index in [1.807, 2.05) is 6.07 Å². The van der Waals surface area contributed by atoms with Crippen molar-refractivity contribution in [2.45, 2.75) is 31.7 Å². The molecule has 0 unspecified atom stereocenters. The van der Waals surface area contributed by atoms with Gasteiger partial charge in [-0.25, -0.2) is 0 Å². The summed E-state index contributed by atoms with van der Waals surface area (Å²) in [6, 6.07) is 10.8. The highest BCUT2D eigenvalue weighted by molar-refractivity contribution is 5.78. The number of ether oxygens (including phenoxy) is 1. The van der Waals surface area contributed by atoms with Crippen LogP contribution in [0.4, 0.5) is 0 Å². The summed E-state index contributed by atoms with van der Waals surface area (Å²) in [6.07, 6.45) is 3.68. The molecule has 1 heterocycles. The number of likely N-dealkylation sites (tertiary alicyclic amines) is 1. The van der Waals surface area contributed by atoms with E-state index in [1.54, 1.807) is 7.11 Å². The molecule has 1 aliphatic rings. The Morgan fingerprint density at radius 1 is 1.29 bits per heavy atom. The first-order valence-electron chi connectivity index (χ1n) is 7.84. The Balaban J connectivity index is 1.74. The second kappa shape index (κ2) is 8.80. The first-order chi connectivity index (χ1) is 10.3. The molecule has 2 rings (SSSR count). The first-order valence-corrected chi connectivity index (χ1v) is 7.84. The molecule has 1 saturated heterocycles. The van der Waals surface area contributed by atoms with Crippen LogP contribution in [0, 0.1) is 0 Å². The van der Waals surface area contributed by atoms with Crippen LogP contribution in [0.2, 0.25) is 0 Å². The van der Waals surface area contributed by atoms with Crippen molar-refractivity contribution in [2.75, 3.05) is 33.4 Å². The molecule has 0 radical (unpaired) electrons. The van der Waals surface area contributed by atoms with Crippen molar-refractivity contribution in [1.29, 1.82) is 0 Å². The third-order valence-corrected chi connectivity index (χ3v) is 4.07. The Morgan fingerprint density at radius 3 is 2.86 bits per heavy atom. The number of carbonyl (C=O) groups is 1. The number of methoxy groups -OCH3 is 1. The zero-order valence-corrected chi connectivity index (χ0v) is 12.9. The minimum Gasteiger partial charge on any atom is -0.383 e. The van der Waals surface area contributed by atoms with E-state index >= 15 is 0 Å². The molecule has 0 bridgehead atoms. The third kappa shape index (κ3) is 5.14. The van der Waals surface area contributed by atoms with Gasteiger partial charge in [0.2, 0.25) is 5.91 Å². The van der Waals surface area contributed by atoms with Crippen molar-refractivity contribution in [3.63, 3.8) is 0 Å². The number of nitrogens with one attached hydrogen (secondary N) is 1. The van der Waals surface area contributed by atoms with Crippen LogP contribution in [0.5, 0.6) is 0 Å². The number of nitrogens with zero attached hydrogens (tertiary/aromatic N) is 1. The normalized spacial score (nSPS) is 18.4. The van der Waals surface area contributed by atoms with Gasteiger partial charge in [0.25, 0.3) is 0 Å². The molecular weight excluding hydrogens is 264 g/mol. The molecular formula is C17H26N2O2. The third-order valence-electron chi connectivity index (χ3n) is 4.07. The predicted molar refractivity (Wildman–Crippen MR) is 84.2 cm³/mol. The van der Waals surface area contributed by atoms with E-state index in [-0.39, 0.29) is 0 Å². The van der Waals surface area contributed by atoms with Crippen molar-refractivity contribution >= 4 is 5.91 Å². The van der Waals surface area contributed by atoms with E-state index < -0.39 is 0 Å². The van der Waals surface area contributed by atoms with Gasteiger partial charge in [-0.3, -0.25) is 4.79 Å². The maximum Gasteiger partial charge on any atom is 0.222 e. The van der Waals surface area contributed by atoms with Crippen LogP contribution >= 0.6 is 0 Å². The quantitative estimate of drug-likeness (QED) is 0.706. The summed E-state index contributed by atoms with van der Waals surface area (Å²) in [4.78, 5) is 14.1. The lowest BCUT2D eigenvalue weighted by Crippen LogP contribution is -2.37. The summed E-state index contributed by atoms with van der Waals surface area (Å²) in [7, 11) is 1.71. The second-order valence-electron chi connectivity index (χ2n) is 5.55. The maximum absolute atomic E-state index is 12.0. The number of benzene rings is 1. The molecule has 1 aliphatic heterocycles. The average molecular weight is 290 g/mol. The van der Waals surface area contributed by atoms with Crippen LogP contribution < -0.4 is 5.32 Å². The van der Waals surface area contributed by atoms with Gasteiger partial charge in [0.05, 0.1) is 6.61 Å². The monoisotopic (exact) mass is 290 g/mol. The molecule has 0 aliphatic carbocycles. The number of rotatable bonds is 9. The molecule has 21 heavy (non-hydrogen) atoms. The summed E-state index contributed by atoms with van der Waals surface area (Å²) < 4.78 is 5.01. The van der Waals surface area contributed by atoms with Crippen molar-refractivity contribution in [3.05, 3.63) is 35.9 Å². The summed E-state index contributed by atoms with van der Waals surface area (Å²) in [5.41, 5.74) is 1.30. The lowest BCUT2D eigenvalue weighted by molar-refractivity contribution is -0.129. The second-order valence-corrected chi connectivity index (χ2v) is 5.55. The van der Waals surface area contributed by atoms with E-state index in [0.29, 0.717) is 18.4 Å². The van der Waals surface area contributed by atoms with Crippen LogP contribution in [0.15, 0.2) is 30.3 Å². The molecule has 116 valence electrons.